The van der Waals surface area contributed by atoms with Crippen LogP contribution in [0.5, 0.6) is 0 Å². The summed E-state index contributed by atoms with van der Waals surface area (Å²) >= 11 is 0. The number of amides is 1. The maximum atomic E-state index is 12.1. The van der Waals surface area contributed by atoms with Gasteiger partial charge in [0.15, 0.2) is 0 Å². The van der Waals surface area contributed by atoms with Crippen molar-refractivity contribution in [1.82, 2.24) is 14.8 Å². The third-order valence-corrected chi connectivity index (χ3v) is 4.60. The topological polar surface area (TPSA) is 59.8 Å². The molecule has 21 heavy (non-hydrogen) atoms. The van der Waals surface area contributed by atoms with Gasteiger partial charge in [0.25, 0.3) is 0 Å². The molecule has 1 aliphatic heterocycles. The van der Waals surface area contributed by atoms with Crippen molar-refractivity contribution < 1.29 is 4.79 Å². The second-order valence-electron chi connectivity index (χ2n) is 5.92. The Morgan fingerprint density at radius 2 is 2.10 bits per heavy atom. The van der Waals surface area contributed by atoms with Crippen molar-refractivity contribution >= 4 is 11.7 Å². The number of carbonyl (C=O) groups excluding carboxylic acids is 1. The fraction of sp³-hybridized carbons (Fsp3) is 0.438. The second-order valence-corrected chi connectivity index (χ2v) is 5.92. The van der Waals surface area contributed by atoms with Gasteiger partial charge in [0.2, 0.25) is 5.91 Å². The minimum atomic E-state index is 0.0658. The van der Waals surface area contributed by atoms with Crippen LogP contribution in [0.25, 0.3) is 0 Å². The molecule has 0 radical (unpaired) electrons. The Morgan fingerprint density at radius 3 is 2.86 bits per heavy atom. The van der Waals surface area contributed by atoms with Gasteiger partial charge in [-0.25, -0.2) is 4.68 Å². The number of hydrogen-bond donors (Lipinski definition) is 1. The largest absolute Gasteiger partial charge is 0.311 e. The molecule has 0 aromatic carbocycles. The Bertz CT molecular complexity index is 658. The van der Waals surface area contributed by atoms with Gasteiger partial charge in [0.05, 0.1) is 12.2 Å². The van der Waals surface area contributed by atoms with E-state index in [-0.39, 0.29) is 11.8 Å². The predicted molar refractivity (Wildman–Crippen MR) is 79.1 cm³/mol. The lowest BCUT2D eigenvalue weighted by atomic mass is 9.88. The van der Waals surface area contributed by atoms with Gasteiger partial charge in [-0.2, -0.15) is 5.10 Å². The molecule has 1 N–H and O–H groups in total. The molecule has 108 valence electrons. The number of nitrogens with zero attached hydrogens (tertiary/aromatic N) is 3. The van der Waals surface area contributed by atoms with Crippen molar-refractivity contribution in [3.05, 3.63) is 41.9 Å². The number of pyridine rings is 1. The number of anilines is 1. The van der Waals surface area contributed by atoms with Gasteiger partial charge < -0.3 is 5.32 Å². The summed E-state index contributed by atoms with van der Waals surface area (Å²) in [7, 11) is 0. The number of fused-ring (bicyclic) bond motifs is 1. The molecule has 2 aromatic heterocycles. The third-order valence-electron chi connectivity index (χ3n) is 4.60. The average Bonchev–Trinajstić information content (AvgIpc) is 3.15. The minimum Gasteiger partial charge on any atom is -0.311 e. The van der Waals surface area contributed by atoms with E-state index in [0.29, 0.717) is 12.5 Å². The zero-order valence-electron chi connectivity index (χ0n) is 11.8. The number of aromatic nitrogens is 3. The van der Waals surface area contributed by atoms with Gasteiger partial charge in [-0.05, 0) is 24.5 Å². The molecule has 1 saturated carbocycles. The van der Waals surface area contributed by atoms with Gasteiger partial charge in [-0.3, -0.25) is 9.78 Å². The molecule has 1 atom stereocenters. The van der Waals surface area contributed by atoms with Crippen LogP contribution in [-0.2, 0) is 4.79 Å². The Kier molecular flexibility index (Phi) is 2.98. The quantitative estimate of drug-likeness (QED) is 0.921. The van der Waals surface area contributed by atoms with E-state index in [9.17, 15) is 4.79 Å². The van der Waals surface area contributed by atoms with Crippen LogP contribution in [0.1, 0.15) is 55.2 Å². The monoisotopic (exact) mass is 282 g/mol. The van der Waals surface area contributed by atoms with Crippen molar-refractivity contribution in [2.24, 2.45) is 0 Å². The summed E-state index contributed by atoms with van der Waals surface area (Å²) in [5.41, 5.74) is 2.20. The molecule has 3 heterocycles. The van der Waals surface area contributed by atoms with Gasteiger partial charge >= 0.3 is 0 Å². The molecule has 0 bridgehead atoms. The average molecular weight is 282 g/mol. The van der Waals surface area contributed by atoms with E-state index in [1.54, 1.807) is 6.20 Å². The zero-order chi connectivity index (χ0) is 14.2. The smallest absolute Gasteiger partial charge is 0.226 e. The lowest BCUT2D eigenvalue weighted by Crippen LogP contribution is -2.25. The maximum absolute atomic E-state index is 12.1. The van der Waals surface area contributed by atoms with Crippen molar-refractivity contribution in [3.8, 4) is 0 Å². The first kappa shape index (κ1) is 12.6. The molecule has 0 saturated heterocycles. The SMILES string of the molecule is O=C1C[C@H](c2cccnc2)c2cnn(C3CCCC3)c2N1. The first-order chi connectivity index (χ1) is 10.3. The van der Waals surface area contributed by atoms with Crippen LogP contribution < -0.4 is 5.32 Å². The zero-order valence-corrected chi connectivity index (χ0v) is 11.8. The summed E-state index contributed by atoms with van der Waals surface area (Å²) in [6.07, 6.45) is 10.8. The van der Waals surface area contributed by atoms with Gasteiger partial charge in [0.1, 0.15) is 5.82 Å². The lowest BCUT2D eigenvalue weighted by molar-refractivity contribution is -0.116. The van der Waals surface area contributed by atoms with Gasteiger partial charge in [0, 0.05) is 30.3 Å². The fourth-order valence-electron chi connectivity index (χ4n) is 3.54. The van der Waals surface area contributed by atoms with Crippen molar-refractivity contribution in [3.63, 3.8) is 0 Å². The van der Waals surface area contributed by atoms with Gasteiger partial charge in [-0.1, -0.05) is 18.9 Å². The van der Waals surface area contributed by atoms with Crippen LogP contribution >= 0.6 is 0 Å². The summed E-state index contributed by atoms with van der Waals surface area (Å²) in [5, 5.41) is 7.60. The highest BCUT2D eigenvalue weighted by Gasteiger charge is 2.32. The van der Waals surface area contributed by atoms with Crippen molar-refractivity contribution in [1.29, 1.82) is 0 Å². The molecular weight excluding hydrogens is 264 g/mol. The van der Waals surface area contributed by atoms with Crippen LogP contribution in [0.2, 0.25) is 0 Å². The highest BCUT2D eigenvalue weighted by atomic mass is 16.1. The van der Waals surface area contributed by atoms with Crippen LogP contribution in [-0.4, -0.2) is 20.7 Å². The number of rotatable bonds is 2. The third kappa shape index (κ3) is 2.13. The molecule has 5 heteroatoms. The molecule has 4 rings (SSSR count). The molecule has 1 fully saturated rings. The van der Waals surface area contributed by atoms with Crippen LogP contribution in [0, 0.1) is 0 Å². The Morgan fingerprint density at radius 1 is 1.24 bits per heavy atom. The predicted octanol–water partition coefficient (Wildman–Crippen LogP) is 2.87. The maximum Gasteiger partial charge on any atom is 0.226 e. The molecule has 0 spiro atoms. The Balaban J connectivity index is 1.76. The summed E-state index contributed by atoms with van der Waals surface area (Å²) in [6.45, 7) is 0. The molecule has 1 aliphatic carbocycles. The Hall–Kier alpha value is -2.17. The molecular formula is C16H18N4O. The molecule has 1 amide bonds. The standard InChI is InChI=1S/C16H18N4O/c21-15-8-13(11-4-3-7-17-9-11)14-10-18-20(16(14)19-15)12-5-1-2-6-12/h3-4,7,9-10,12-13H,1-2,5-6,8H2,(H,19,21)/t13-/m1/s1. The van der Waals surface area contributed by atoms with E-state index in [0.717, 1.165) is 29.8 Å². The highest BCUT2D eigenvalue weighted by Crippen LogP contribution is 2.40. The number of carbonyl (C=O) groups is 1. The van der Waals surface area contributed by atoms with Gasteiger partial charge in [-0.15, -0.1) is 0 Å². The molecule has 5 nitrogen and oxygen atoms in total. The highest BCUT2D eigenvalue weighted by molar-refractivity contribution is 5.94. The van der Waals surface area contributed by atoms with E-state index < -0.39 is 0 Å². The second kappa shape index (κ2) is 4.98. The van der Waals surface area contributed by atoms with Crippen molar-refractivity contribution in [2.45, 2.75) is 44.1 Å². The summed E-state index contributed by atoms with van der Waals surface area (Å²) in [5.74, 6) is 1.03. The number of nitrogens with one attached hydrogen (secondary N) is 1. The minimum absolute atomic E-state index is 0.0658. The van der Waals surface area contributed by atoms with E-state index in [4.69, 9.17) is 0 Å². The number of hydrogen-bond acceptors (Lipinski definition) is 3. The van der Waals surface area contributed by atoms with Crippen LogP contribution in [0.15, 0.2) is 30.7 Å². The molecule has 2 aliphatic rings. The van der Waals surface area contributed by atoms with E-state index in [1.165, 1.54) is 12.8 Å². The van der Waals surface area contributed by atoms with E-state index >= 15 is 0 Å². The summed E-state index contributed by atoms with van der Waals surface area (Å²) in [6, 6.07) is 4.39. The Labute approximate surface area is 123 Å². The van der Waals surface area contributed by atoms with Crippen molar-refractivity contribution in [2.75, 3.05) is 5.32 Å². The van der Waals surface area contributed by atoms with Crippen LogP contribution in [0.3, 0.4) is 0 Å². The first-order valence-corrected chi connectivity index (χ1v) is 7.60. The first-order valence-electron chi connectivity index (χ1n) is 7.60. The molecule has 0 unspecified atom stereocenters. The van der Waals surface area contributed by atoms with E-state index in [1.807, 2.05) is 29.2 Å². The fourth-order valence-corrected chi connectivity index (χ4v) is 3.54. The summed E-state index contributed by atoms with van der Waals surface area (Å²) in [4.78, 5) is 16.3. The van der Waals surface area contributed by atoms with E-state index in [2.05, 4.69) is 15.4 Å². The lowest BCUT2D eigenvalue weighted by Gasteiger charge is -2.24. The molecule has 2 aromatic rings. The normalized spacial score (nSPS) is 22.1. The van der Waals surface area contributed by atoms with Crippen LogP contribution in [0.4, 0.5) is 5.82 Å². The summed E-state index contributed by atoms with van der Waals surface area (Å²) < 4.78 is 2.03.